The molecule has 0 amide bonds. The Morgan fingerprint density at radius 2 is 1.78 bits per heavy atom. The minimum atomic E-state index is 0.298. The molecule has 0 spiro atoms. The first-order valence-electron chi connectivity index (χ1n) is 10.6. The van der Waals surface area contributed by atoms with Gasteiger partial charge in [-0.2, -0.15) is 0 Å². The zero-order valence-electron chi connectivity index (χ0n) is 16.1. The highest BCUT2D eigenvalue weighted by Crippen LogP contribution is 2.61. The van der Waals surface area contributed by atoms with Crippen LogP contribution in [0.5, 0.6) is 11.5 Å². The third kappa shape index (κ3) is 3.28. The largest absolute Gasteiger partial charge is 0.454 e. The van der Waals surface area contributed by atoms with Crippen molar-refractivity contribution < 1.29 is 9.47 Å². The molecule has 2 N–H and O–H groups in total. The van der Waals surface area contributed by atoms with Gasteiger partial charge in [0.25, 0.3) is 0 Å². The number of thiocarbonyl (C=S) groups is 1. The lowest BCUT2D eigenvalue weighted by Crippen LogP contribution is -2.57. The molecule has 146 valence electrons. The monoisotopic (exact) mass is 386 g/mol. The molecule has 4 saturated carbocycles. The van der Waals surface area contributed by atoms with Crippen LogP contribution >= 0.6 is 12.2 Å². The second-order valence-corrected chi connectivity index (χ2v) is 9.70. The summed E-state index contributed by atoms with van der Waals surface area (Å²) in [5.41, 5.74) is 1.42. The van der Waals surface area contributed by atoms with Crippen molar-refractivity contribution in [2.24, 2.45) is 23.2 Å². The number of hydrogen-bond acceptors (Lipinski definition) is 3. The Bertz CT molecular complexity index is 700. The van der Waals surface area contributed by atoms with Gasteiger partial charge in [-0.1, -0.05) is 13.3 Å². The van der Waals surface area contributed by atoms with Gasteiger partial charge in [0.1, 0.15) is 0 Å². The number of ether oxygens (including phenoxy) is 2. The lowest BCUT2D eigenvalue weighted by atomic mass is 9.47. The fourth-order valence-electron chi connectivity index (χ4n) is 6.72. The quantitative estimate of drug-likeness (QED) is 0.690. The van der Waals surface area contributed by atoms with Crippen molar-refractivity contribution in [2.75, 3.05) is 12.1 Å². The molecule has 0 radical (unpaired) electrons. The SMILES string of the molecule is CCC[C@@H](NC(=S)Nc1ccc2c(c1)OCO2)C12CC3CC(CC(C3)C1)C2. The first-order valence-corrected chi connectivity index (χ1v) is 11.0. The van der Waals surface area contributed by atoms with E-state index in [1.165, 1.54) is 51.4 Å². The van der Waals surface area contributed by atoms with Crippen molar-refractivity contribution in [3.63, 3.8) is 0 Å². The standard InChI is InChI=1S/C22H30N2O2S/c1-2-3-20(22-10-14-6-15(11-22)8-16(7-14)12-22)24-21(27)23-17-4-5-18-19(9-17)26-13-25-18/h4-5,9,14-16,20H,2-3,6-8,10-13H2,1H3,(H2,23,24,27)/t14?,15?,16?,20-,22?/m1/s1. The molecule has 5 aliphatic rings. The van der Waals surface area contributed by atoms with Crippen LogP contribution in [-0.2, 0) is 0 Å². The van der Waals surface area contributed by atoms with Gasteiger partial charge in [0.2, 0.25) is 6.79 Å². The molecule has 27 heavy (non-hydrogen) atoms. The van der Waals surface area contributed by atoms with Crippen LogP contribution in [0.3, 0.4) is 0 Å². The van der Waals surface area contributed by atoms with E-state index in [1.54, 1.807) is 0 Å². The maximum absolute atomic E-state index is 5.72. The molecule has 1 atom stereocenters. The summed E-state index contributed by atoms with van der Waals surface area (Å²) in [6.07, 6.45) is 11.1. The van der Waals surface area contributed by atoms with Crippen LogP contribution in [0.25, 0.3) is 0 Å². The van der Waals surface area contributed by atoms with Crippen molar-refractivity contribution in [2.45, 2.75) is 64.3 Å². The normalized spacial score (nSPS) is 33.7. The van der Waals surface area contributed by atoms with Gasteiger partial charge in [-0.25, -0.2) is 0 Å². The molecule has 4 bridgehead atoms. The van der Waals surface area contributed by atoms with Crippen molar-refractivity contribution in [1.29, 1.82) is 0 Å². The summed E-state index contributed by atoms with van der Waals surface area (Å²) in [5.74, 6) is 4.49. The maximum Gasteiger partial charge on any atom is 0.231 e. The van der Waals surface area contributed by atoms with Crippen LogP contribution in [0.2, 0.25) is 0 Å². The van der Waals surface area contributed by atoms with Gasteiger partial charge in [-0.15, -0.1) is 0 Å². The minimum absolute atomic E-state index is 0.298. The number of benzene rings is 1. The minimum Gasteiger partial charge on any atom is -0.454 e. The summed E-state index contributed by atoms with van der Waals surface area (Å²) in [4.78, 5) is 0. The average molecular weight is 387 g/mol. The number of hydrogen-bond donors (Lipinski definition) is 2. The molecule has 4 nitrogen and oxygen atoms in total. The zero-order valence-corrected chi connectivity index (χ0v) is 16.9. The number of nitrogens with one attached hydrogen (secondary N) is 2. The lowest BCUT2D eigenvalue weighted by molar-refractivity contribution is -0.0718. The van der Waals surface area contributed by atoms with Crippen molar-refractivity contribution in [3.05, 3.63) is 18.2 Å². The second-order valence-electron chi connectivity index (χ2n) is 9.29. The van der Waals surface area contributed by atoms with E-state index in [4.69, 9.17) is 21.7 Å². The highest BCUT2D eigenvalue weighted by atomic mass is 32.1. The van der Waals surface area contributed by atoms with E-state index >= 15 is 0 Å². The summed E-state index contributed by atoms with van der Waals surface area (Å²) < 4.78 is 10.9. The third-order valence-corrected chi connectivity index (χ3v) is 7.56. The van der Waals surface area contributed by atoms with Gasteiger partial charge in [-0.3, -0.25) is 0 Å². The summed E-state index contributed by atoms with van der Waals surface area (Å²) in [5, 5.41) is 7.86. The highest BCUT2D eigenvalue weighted by molar-refractivity contribution is 7.80. The molecule has 0 saturated heterocycles. The van der Waals surface area contributed by atoms with Gasteiger partial charge in [0.05, 0.1) is 0 Å². The van der Waals surface area contributed by atoms with Crippen LogP contribution < -0.4 is 20.1 Å². The number of anilines is 1. The summed E-state index contributed by atoms with van der Waals surface area (Å²) in [6.45, 7) is 2.59. The fourth-order valence-corrected chi connectivity index (χ4v) is 6.98. The van der Waals surface area contributed by atoms with Crippen LogP contribution in [0.1, 0.15) is 58.3 Å². The fraction of sp³-hybridized carbons (Fsp3) is 0.682. The predicted octanol–water partition coefficient (Wildman–Crippen LogP) is 5.09. The molecule has 1 aromatic rings. The van der Waals surface area contributed by atoms with E-state index in [9.17, 15) is 0 Å². The smallest absolute Gasteiger partial charge is 0.231 e. The molecule has 0 unspecified atom stereocenters. The molecule has 4 aliphatic carbocycles. The number of rotatable bonds is 5. The Morgan fingerprint density at radius 3 is 2.44 bits per heavy atom. The third-order valence-electron chi connectivity index (χ3n) is 7.34. The number of fused-ring (bicyclic) bond motifs is 1. The molecule has 4 fully saturated rings. The van der Waals surface area contributed by atoms with E-state index in [1.807, 2.05) is 18.2 Å². The van der Waals surface area contributed by atoms with Crippen molar-refractivity contribution >= 4 is 23.0 Å². The zero-order chi connectivity index (χ0) is 18.4. The van der Waals surface area contributed by atoms with Crippen LogP contribution in [-0.4, -0.2) is 17.9 Å². The summed E-state index contributed by atoms with van der Waals surface area (Å²) >= 11 is 5.72. The maximum atomic E-state index is 5.72. The topological polar surface area (TPSA) is 42.5 Å². The Kier molecular flexibility index (Phi) is 4.46. The Morgan fingerprint density at radius 1 is 1.11 bits per heavy atom. The highest BCUT2D eigenvalue weighted by Gasteiger charge is 2.54. The Labute approximate surface area is 167 Å². The molecule has 0 aromatic heterocycles. The molecule has 1 aromatic carbocycles. The average Bonchev–Trinajstić information content (AvgIpc) is 3.08. The Hall–Kier alpha value is -1.49. The van der Waals surface area contributed by atoms with Gasteiger partial charge in [0, 0.05) is 17.8 Å². The first-order chi connectivity index (χ1) is 13.1. The van der Waals surface area contributed by atoms with E-state index in [0.29, 0.717) is 18.2 Å². The predicted molar refractivity (Wildman–Crippen MR) is 111 cm³/mol. The van der Waals surface area contributed by atoms with Gasteiger partial charge in [-0.05, 0) is 92.5 Å². The molecular weight excluding hydrogens is 356 g/mol. The molecule has 5 heteroatoms. The summed E-state index contributed by atoms with van der Waals surface area (Å²) in [7, 11) is 0. The van der Waals surface area contributed by atoms with Gasteiger partial charge < -0.3 is 20.1 Å². The first kappa shape index (κ1) is 17.6. The van der Waals surface area contributed by atoms with Crippen LogP contribution in [0.4, 0.5) is 5.69 Å². The van der Waals surface area contributed by atoms with Crippen molar-refractivity contribution in [1.82, 2.24) is 5.32 Å². The Balaban J connectivity index is 1.29. The van der Waals surface area contributed by atoms with Crippen LogP contribution in [0.15, 0.2) is 18.2 Å². The molecule has 1 aliphatic heterocycles. The van der Waals surface area contributed by atoms with E-state index in [-0.39, 0.29) is 0 Å². The van der Waals surface area contributed by atoms with Gasteiger partial charge >= 0.3 is 0 Å². The molecule has 1 heterocycles. The van der Waals surface area contributed by atoms with E-state index in [2.05, 4.69) is 17.6 Å². The van der Waals surface area contributed by atoms with Gasteiger partial charge in [0.15, 0.2) is 16.6 Å². The summed E-state index contributed by atoms with van der Waals surface area (Å²) in [6, 6.07) is 6.40. The van der Waals surface area contributed by atoms with E-state index in [0.717, 1.165) is 40.1 Å². The molecular formula is C22H30N2O2S. The second kappa shape index (κ2) is 6.84. The lowest BCUT2D eigenvalue weighted by Gasteiger charge is -2.59. The van der Waals surface area contributed by atoms with Crippen molar-refractivity contribution in [3.8, 4) is 11.5 Å². The van der Waals surface area contributed by atoms with E-state index < -0.39 is 0 Å². The molecule has 6 rings (SSSR count). The van der Waals surface area contributed by atoms with Crippen LogP contribution in [0, 0.1) is 23.2 Å².